The molecule has 3 heterocycles. The number of nitrogens with one attached hydrogen (secondary N) is 1. The molecule has 0 saturated carbocycles. The Kier molecular flexibility index (Phi) is 8.09. The first-order valence-electron chi connectivity index (χ1n) is 10.9. The number of carbonyl (C=O) groups excluding carboxylic acids is 1. The summed E-state index contributed by atoms with van der Waals surface area (Å²) >= 11 is 3.93. The lowest BCUT2D eigenvalue weighted by Crippen LogP contribution is -2.16. The van der Waals surface area contributed by atoms with Crippen molar-refractivity contribution in [2.45, 2.75) is 44.2 Å². The summed E-state index contributed by atoms with van der Waals surface area (Å²) in [5.74, 6) is -0.00294. The van der Waals surface area contributed by atoms with Gasteiger partial charge in [0, 0.05) is 22.8 Å². The number of thioether (sulfide) groups is 1. The van der Waals surface area contributed by atoms with Gasteiger partial charge in [-0.05, 0) is 30.2 Å². The van der Waals surface area contributed by atoms with E-state index >= 15 is 0 Å². The molecule has 0 aliphatic carbocycles. The smallest absolute Gasteiger partial charge is 0.275 e. The molecule has 4 aromatic rings. The topological polar surface area (TPSA) is 135 Å². The average molecular weight is 540 g/mol. The van der Waals surface area contributed by atoms with Crippen LogP contribution in [0.2, 0.25) is 0 Å². The van der Waals surface area contributed by atoms with Gasteiger partial charge in [0.05, 0.1) is 5.69 Å². The maximum Gasteiger partial charge on any atom is 0.275 e. The van der Waals surface area contributed by atoms with Crippen LogP contribution < -0.4 is 15.6 Å². The second kappa shape index (κ2) is 11.4. The fourth-order valence-corrected chi connectivity index (χ4v) is 5.17. The Morgan fingerprint density at radius 3 is 2.78 bits per heavy atom. The highest BCUT2D eigenvalue weighted by atomic mass is 32.2. The van der Waals surface area contributed by atoms with Gasteiger partial charge in [0.1, 0.15) is 29.0 Å². The van der Waals surface area contributed by atoms with Crippen molar-refractivity contribution in [2.24, 2.45) is 0 Å². The maximum atomic E-state index is 12.5. The van der Waals surface area contributed by atoms with Gasteiger partial charge in [-0.3, -0.25) is 14.9 Å². The summed E-state index contributed by atoms with van der Waals surface area (Å²) in [6.07, 6.45) is 2.21. The summed E-state index contributed by atoms with van der Waals surface area (Å²) in [6.45, 7) is 6.14. The van der Waals surface area contributed by atoms with E-state index < -0.39 is 5.91 Å². The normalized spacial score (nSPS) is 11.6. The van der Waals surface area contributed by atoms with Crippen LogP contribution in [0, 0.1) is 11.3 Å². The quantitative estimate of drug-likeness (QED) is 0.189. The predicted molar refractivity (Wildman–Crippen MR) is 140 cm³/mol. The number of aromatic nitrogens is 5. The molecule has 1 amide bonds. The van der Waals surface area contributed by atoms with Gasteiger partial charge in [-0.15, -0.1) is 0 Å². The van der Waals surface area contributed by atoms with Crippen LogP contribution in [0.1, 0.15) is 37.0 Å². The molecule has 0 bridgehead atoms. The lowest BCUT2D eigenvalue weighted by molar-refractivity contribution is -0.112. The minimum absolute atomic E-state index is 0.0640. The summed E-state index contributed by atoms with van der Waals surface area (Å²) in [7, 11) is 0. The molecule has 0 fully saturated rings. The van der Waals surface area contributed by atoms with E-state index in [0.29, 0.717) is 37.5 Å². The Bertz CT molecular complexity index is 1510. The van der Waals surface area contributed by atoms with Crippen molar-refractivity contribution in [3.8, 4) is 11.8 Å². The van der Waals surface area contributed by atoms with Crippen molar-refractivity contribution in [1.82, 2.24) is 24.0 Å². The Balaban J connectivity index is 1.39. The third kappa shape index (κ3) is 6.34. The monoisotopic (exact) mass is 539 g/mol. The molecule has 0 spiro atoms. The molecular formula is C23H21N7O3S3. The highest BCUT2D eigenvalue weighted by Gasteiger charge is 2.14. The van der Waals surface area contributed by atoms with E-state index in [1.807, 2.05) is 26.8 Å². The number of anilines is 1. The van der Waals surface area contributed by atoms with Crippen LogP contribution in [0.3, 0.4) is 0 Å². The van der Waals surface area contributed by atoms with E-state index in [4.69, 9.17) is 4.74 Å². The van der Waals surface area contributed by atoms with Crippen LogP contribution >= 0.6 is 34.6 Å². The van der Waals surface area contributed by atoms with Gasteiger partial charge in [0.2, 0.25) is 15.2 Å². The van der Waals surface area contributed by atoms with Gasteiger partial charge in [0.15, 0.2) is 0 Å². The Morgan fingerprint density at radius 2 is 2.08 bits per heavy atom. The van der Waals surface area contributed by atoms with Crippen LogP contribution in [0.25, 0.3) is 11.0 Å². The molecule has 0 saturated heterocycles. The molecule has 1 N–H and O–H groups in total. The number of benzene rings is 1. The van der Waals surface area contributed by atoms with Crippen molar-refractivity contribution in [3.63, 3.8) is 0 Å². The molecule has 0 aliphatic rings. The van der Waals surface area contributed by atoms with Crippen molar-refractivity contribution in [1.29, 1.82) is 5.26 Å². The fourth-order valence-electron chi connectivity index (χ4n) is 2.93. The van der Waals surface area contributed by atoms with Crippen LogP contribution in [-0.4, -0.2) is 35.1 Å². The highest BCUT2D eigenvalue weighted by molar-refractivity contribution is 7.99. The molecule has 0 aliphatic heterocycles. The molecule has 1 aromatic carbocycles. The molecule has 13 heteroatoms. The number of amides is 1. The number of nitriles is 1. The number of nitrogens with zero attached hydrogens (tertiary/aromatic N) is 6. The zero-order chi connectivity index (χ0) is 25.7. The number of aryl methyl sites for hydroxylation is 1. The molecule has 36 heavy (non-hydrogen) atoms. The van der Waals surface area contributed by atoms with Crippen LogP contribution in [0.5, 0.6) is 5.75 Å². The molecule has 0 radical (unpaired) electrons. The molecule has 4 rings (SSSR count). The summed E-state index contributed by atoms with van der Waals surface area (Å²) < 4.78 is 11.3. The first-order valence-corrected chi connectivity index (χ1v) is 13.4. The minimum Gasteiger partial charge on any atom is -0.487 e. The second-order valence-corrected chi connectivity index (χ2v) is 11.0. The summed E-state index contributed by atoms with van der Waals surface area (Å²) in [5.41, 5.74) is 0.842. The van der Waals surface area contributed by atoms with Gasteiger partial charge in [0.25, 0.3) is 11.5 Å². The third-order valence-corrected chi connectivity index (χ3v) is 7.22. The van der Waals surface area contributed by atoms with Gasteiger partial charge in [-0.25, -0.2) is 4.98 Å². The highest BCUT2D eigenvalue weighted by Crippen LogP contribution is 2.24. The SMILES string of the molecule is CCc1nn2c(=O)cc(COc3ccc(/C=C(/C#N)C(=O)Nc4nc(SC(C)C)ns4)cc3)nc2s1. The predicted octanol–water partition coefficient (Wildman–Crippen LogP) is 4.19. The molecule has 0 unspecified atom stereocenters. The Labute approximate surface area is 218 Å². The summed E-state index contributed by atoms with van der Waals surface area (Å²) in [5, 5.41) is 18.4. The first-order chi connectivity index (χ1) is 17.3. The number of ether oxygens (including phenoxy) is 1. The molecule has 184 valence electrons. The lowest BCUT2D eigenvalue weighted by atomic mass is 10.1. The number of carbonyl (C=O) groups is 1. The summed E-state index contributed by atoms with van der Waals surface area (Å²) in [6, 6.07) is 10.2. The van der Waals surface area contributed by atoms with Crippen molar-refractivity contribution in [2.75, 3.05) is 5.32 Å². The third-order valence-electron chi connectivity index (χ3n) is 4.55. The maximum absolute atomic E-state index is 12.5. The zero-order valence-corrected chi connectivity index (χ0v) is 22.0. The van der Waals surface area contributed by atoms with Gasteiger partial charge in [-0.2, -0.15) is 24.2 Å². The number of hydrogen-bond acceptors (Lipinski definition) is 11. The first kappa shape index (κ1) is 25.5. The fraction of sp³-hybridized carbons (Fsp3) is 0.261. The van der Waals surface area contributed by atoms with E-state index in [1.165, 1.54) is 39.8 Å². The molecule has 10 nitrogen and oxygen atoms in total. The van der Waals surface area contributed by atoms with Gasteiger partial charge in [-0.1, -0.05) is 56.0 Å². The zero-order valence-electron chi connectivity index (χ0n) is 19.6. The van der Waals surface area contributed by atoms with Gasteiger partial charge >= 0.3 is 0 Å². The molecular weight excluding hydrogens is 519 g/mol. The van der Waals surface area contributed by atoms with E-state index in [2.05, 4.69) is 24.8 Å². The Morgan fingerprint density at radius 1 is 1.31 bits per heavy atom. The second-order valence-electron chi connectivity index (χ2n) is 7.66. The molecule has 0 atom stereocenters. The van der Waals surface area contributed by atoms with E-state index in [1.54, 1.807) is 24.3 Å². The lowest BCUT2D eigenvalue weighted by Gasteiger charge is -2.06. The number of fused-ring (bicyclic) bond motifs is 1. The summed E-state index contributed by atoms with van der Waals surface area (Å²) in [4.78, 5) is 34.0. The van der Waals surface area contributed by atoms with Crippen LogP contribution in [0.4, 0.5) is 5.13 Å². The average Bonchev–Trinajstić information content (AvgIpc) is 3.48. The number of hydrogen-bond donors (Lipinski definition) is 1. The van der Waals surface area contributed by atoms with Crippen molar-refractivity contribution >= 4 is 56.7 Å². The Hall–Kier alpha value is -3.60. The van der Waals surface area contributed by atoms with E-state index in [-0.39, 0.29) is 17.7 Å². The molecule has 3 aromatic heterocycles. The largest absolute Gasteiger partial charge is 0.487 e. The number of rotatable bonds is 9. The van der Waals surface area contributed by atoms with Crippen LogP contribution in [0.15, 0.2) is 45.9 Å². The minimum atomic E-state index is -0.558. The van der Waals surface area contributed by atoms with Crippen LogP contribution in [-0.2, 0) is 17.8 Å². The standard InChI is InChI=1S/C23H21N7O3S3/c1-4-18-28-30-19(31)10-16(25-23(30)35-18)12-33-17-7-5-14(6-8-17)9-15(11-24)20(32)26-21-27-22(29-36-21)34-13(2)3/h5-10,13H,4,12H2,1-3H3,(H,26,27,29,32)/b15-9-. The van der Waals surface area contributed by atoms with E-state index in [0.717, 1.165) is 23.0 Å². The van der Waals surface area contributed by atoms with Crippen molar-refractivity contribution < 1.29 is 9.53 Å². The van der Waals surface area contributed by atoms with Gasteiger partial charge < -0.3 is 4.74 Å². The van der Waals surface area contributed by atoms with Crippen molar-refractivity contribution in [3.05, 3.63) is 62.5 Å². The van der Waals surface area contributed by atoms with E-state index in [9.17, 15) is 14.9 Å².